The van der Waals surface area contributed by atoms with Crippen LogP contribution < -0.4 is 4.72 Å². The number of halogens is 1. The van der Waals surface area contributed by atoms with Gasteiger partial charge in [-0.15, -0.1) is 11.3 Å². The summed E-state index contributed by atoms with van der Waals surface area (Å²) in [6.45, 7) is 2.17. The van der Waals surface area contributed by atoms with Gasteiger partial charge in [0.15, 0.2) is 0 Å². The highest BCUT2D eigenvalue weighted by Crippen LogP contribution is 2.18. The second kappa shape index (κ2) is 8.07. The molecule has 136 valence electrons. The normalized spacial score (nSPS) is 11.6. The van der Waals surface area contributed by atoms with Gasteiger partial charge in [-0.3, -0.25) is 0 Å². The summed E-state index contributed by atoms with van der Waals surface area (Å²) in [6.07, 6.45) is 3.24. The van der Waals surface area contributed by atoms with E-state index in [0.29, 0.717) is 11.4 Å². The second-order valence-electron chi connectivity index (χ2n) is 5.85. The van der Waals surface area contributed by atoms with Gasteiger partial charge in [-0.2, -0.15) is 0 Å². The molecule has 0 bridgehead atoms. The number of aromatic nitrogens is 1. The maximum Gasteiger partial charge on any atom is 0.240 e. The minimum absolute atomic E-state index is 0.145. The van der Waals surface area contributed by atoms with Crippen LogP contribution in [0.25, 0.3) is 0 Å². The molecule has 0 aliphatic rings. The van der Waals surface area contributed by atoms with Crippen LogP contribution in [0.15, 0.2) is 59.6 Å². The van der Waals surface area contributed by atoms with Crippen LogP contribution in [-0.2, 0) is 29.4 Å². The van der Waals surface area contributed by atoms with Crippen molar-refractivity contribution in [1.29, 1.82) is 0 Å². The molecule has 0 atom stereocenters. The lowest BCUT2D eigenvalue weighted by molar-refractivity contribution is 0.581. The summed E-state index contributed by atoms with van der Waals surface area (Å²) in [6, 6.07) is 13.2. The van der Waals surface area contributed by atoms with Crippen LogP contribution in [0.5, 0.6) is 0 Å². The van der Waals surface area contributed by atoms with Gasteiger partial charge in [0.05, 0.1) is 11.4 Å². The number of aryl methyl sites for hydroxylation is 1. The van der Waals surface area contributed by atoms with E-state index in [2.05, 4.69) is 9.71 Å². The number of nitrogens with one attached hydrogen (secondary N) is 1. The molecule has 0 saturated heterocycles. The lowest BCUT2D eigenvalue weighted by Gasteiger charge is -2.06. The van der Waals surface area contributed by atoms with Gasteiger partial charge in [0.2, 0.25) is 10.0 Å². The maximum absolute atomic E-state index is 12.9. The molecular formula is C19H19FN2O2S2. The minimum atomic E-state index is -3.56. The van der Waals surface area contributed by atoms with Crippen LogP contribution in [0.3, 0.4) is 0 Å². The average molecular weight is 391 g/mol. The fourth-order valence-electron chi connectivity index (χ4n) is 2.46. The monoisotopic (exact) mass is 390 g/mol. The fourth-order valence-corrected chi connectivity index (χ4v) is 4.44. The molecule has 3 aromatic rings. The molecule has 3 rings (SSSR count). The lowest BCUT2D eigenvalue weighted by Crippen LogP contribution is -2.23. The molecule has 0 aliphatic carbocycles. The Morgan fingerprint density at radius 1 is 1.04 bits per heavy atom. The van der Waals surface area contributed by atoms with Gasteiger partial charge in [-0.1, -0.05) is 31.2 Å². The zero-order valence-electron chi connectivity index (χ0n) is 14.3. The molecule has 0 unspecified atom stereocenters. The Hall–Kier alpha value is -2.09. The fraction of sp³-hybridized carbons (Fsp3) is 0.211. The smallest absolute Gasteiger partial charge is 0.240 e. The largest absolute Gasteiger partial charge is 0.248 e. The molecule has 1 aromatic heterocycles. The van der Waals surface area contributed by atoms with Crippen molar-refractivity contribution in [2.45, 2.75) is 31.2 Å². The molecule has 2 aromatic carbocycles. The molecule has 26 heavy (non-hydrogen) atoms. The number of sulfonamides is 1. The highest BCUT2D eigenvalue weighted by atomic mass is 32.2. The highest BCUT2D eigenvalue weighted by Gasteiger charge is 2.14. The van der Waals surface area contributed by atoms with Gasteiger partial charge in [-0.05, 0) is 41.8 Å². The summed E-state index contributed by atoms with van der Waals surface area (Å²) in [7, 11) is -3.56. The molecule has 0 fully saturated rings. The quantitative estimate of drug-likeness (QED) is 0.665. The first-order valence-electron chi connectivity index (χ1n) is 8.23. The Balaban J connectivity index is 1.62. The molecule has 0 radical (unpaired) electrons. The van der Waals surface area contributed by atoms with Gasteiger partial charge >= 0.3 is 0 Å². The first kappa shape index (κ1) is 18.7. The number of hydrogen-bond acceptors (Lipinski definition) is 4. The van der Waals surface area contributed by atoms with Gasteiger partial charge in [0.25, 0.3) is 0 Å². The van der Waals surface area contributed by atoms with E-state index in [1.165, 1.54) is 23.5 Å². The van der Waals surface area contributed by atoms with Gasteiger partial charge in [0, 0.05) is 17.5 Å². The third-order valence-corrected chi connectivity index (χ3v) is 6.36. The van der Waals surface area contributed by atoms with Crippen molar-refractivity contribution in [2.24, 2.45) is 0 Å². The Morgan fingerprint density at radius 3 is 2.35 bits per heavy atom. The zero-order valence-corrected chi connectivity index (χ0v) is 15.9. The highest BCUT2D eigenvalue weighted by molar-refractivity contribution is 7.89. The molecule has 4 nitrogen and oxygen atoms in total. The standard InChI is InChI=1S/C19H19FN2O2S2/c1-2-14-5-9-18(10-6-14)26(23,24)22-13-19-21-12-17(25-19)11-15-3-7-16(20)8-4-15/h3-10,12,22H,2,11,13H2,1H3. The Morgan fingerprint density at radius 2 is 1.69 bits per heavy atom. The number of hydrogen-bond donors (Lipinski definition) is 1. The van der Waals surface area contributed by atoms with Crippen LogP contribution in [0.2, 0.25) is 0 Å². The third kappa shape index (κ3) is 4.75. The minimum Gasteiger partial charge on any atom is -0.248 e. The van der Waals surface area contributed by atoms with Crippen molar-refractivity contribution in [3.8, 4) is 0 Å². The van der Waals surface area contributed by atoms with Crippen molar-refractivity contribution >= 4 is 21.4 Å². The Kier molecular flexibility index (Phi) is 5.80. The predicted molar refractivity (Wildman–Crippen MR) is 101 cm³/mol. The molecule has 1 heterocycles. The summed E-state index contributed by atoms with van der Waals surface area (Å²) in [4.78, 5) is 5.52. The van der Waals surface area contributed by atoms with Gasteiger partial charge in [0.1, 0.15) is 10.8 Å². The summed E-state index contributed by atoms with van der Waals surface area (Å²) in [5.41, 5.74) is 2.08. The van der Waals surface area contributed by atoms with Crippen LogP contribution in [0.1, 0.15) is 27.9 Å². The molecule has 1 N–H and O–H groups in total. The van der Waals surface area contributed by atoms with Crippen molar-refractivity contribution in [1.82, 2.24) is 9.71 Å². The zero-order chi connectivity index (χ0) is 18.6. The van der Waals surface area contributed by atoms with E-state index in [4.69, 9.17) is 0 Å². The molecule has 0 saturated carbocycles. The van der Waals surface area contributed by atoms with E-state index < -0.39 is 10.0 Å². The summed E-state index contributed by atoms with van der Waals surface area (Å²) >= 11 is 1.44. The van der Waals surface area contributed by atoms with E-state index in [9.17, 15) is 12.8 Å². The first-order chi connectivity index (χ1) is 12.5. The van der Waals surface area contributed by atoms with Gasteiger partial charge in [-0.25, -0.2) is 22.5 Å². The number of nitrogens with zero attached hydrogens (tertiary/aromatic N) is 1. The van der Waals surface area contributed by atoms with E-state index in [1.807, 2.05) is 19.1 Å². The molecule has 0 aliphatic heterocycles. The second-order valence-corrected chi connectivity index (χ2v) is 8.81. The molecule has 0 amide bonds. The van der Waals surface area contributed by atoms with Crippen molar-refractivity contribution in [3.63, 3.8) is 0 Å². The van der Waals surface area contributed by atoms with Crippen molar-refractivity contribution < 1.29 is 12.8 Å². The number of thiazole rings is 1. The predicted octanol–water partition coefficient (Wildman–Crippen LogP) is 3.91. The van der Waals surface area contributed by atoms with Gasteiger partial charge < -0.3 is 0 Å². The first-order valence-corrected chi connectivity index (χ1v) is 10.5. The third-order valence-electron chi connectivity index (χ3n) is 3.95. The van der Waals surface area contributed by atoms with E-state index >= 15 is 0 Å². The maximum atomic E-state index is 12.9. The average Bonchev–Trinajstić information content (AvgIpc) is 3.09. The van der Waals surface area contributed by atoms with E-state index in [1.54, 1.807) is 30.5 Å². The number of rotatable bonds is 7. The molecule has 7 heteroatoms. The molecular weight excluding hydrogens is 371 g/mol. The summed E-state index contributed by atoms with van der Waals surface area (Å²) in [5.74, 6) is -0.264. The Labute approximate surface area is 156 Å². The van der Waals surface area contributed by atoms with Crippen LogP contribution in [0, 0.1) is 5.82 Å². The lowest BCUT2D eigenvalue weighted by atomic mass is 10.1. The van der Waals surface area contributed by atoms with Crippen LogP contribution in [0.4, 0.5) is 4.39 Å². The van der Waals surface area contributed by atoms with E-state index in [-0.39, 0.29) is 17.3 Å². The van der Waals surface area contributed by atoms with Crippen molar-refractivity contribution in [2.75, 3.05) is 0 Å². The molecule has 0 spiro atoms. The summed E-state index contributed by atoms with van der Waals surface area (Å²) < 4.78 is 40.3. The Bertz CT molecular complexity index is 966. The van der Waals surface area contributed by atoms with Crippen LogP contribution in [-0.4, -0.2) is 13.4 Å². The SMILES string of the molecule is CCc1ccc(S(=O)(=O)NCc2ncc(Cc3ccc(F)cc3)s2)cc1. The van der Waals surface area contributed by atoms with E-state index in [0.717, 1.165) is 22.4 Å². The summed E-state index contributed by atoms with van der Waals surface area (Å²) in [5, 5.41) is 0.691. The van der Waals surface area contributed by atoms with Crippen molar-refractivity contribution in [3.05, 3.63) is 81.6 Å². The van der Waals surface area contributed by atoms with Crippen LogP contribution >= 0.6 is 11.3 Å². The number of benzene rings is 2. The topological polar surface area (TPSA) is 59.1 Å².